The Kier molecular flexibility index (Phi) is 4.40. The molecule has 0 N–H and O–H groups in total. The predicted molar refractivity (Wildman–Crippen MR) is 93.8 cm³/mol. The van der Waals surface area contributed by atoms with Crippen molar-refractivity contribution < 1.29 is 23.2 Å². The highest BCUT2D eigenvalue weighted by molar-refractivity contribution is 6.64. The standard InChI is InChI=1S/C18H25BO5/c1-7-12-10-14-13(8-9-21-14)16(22-11-20-6)15(12)19-23-17(2,3)18(4,5)24-19/h8-10H,7,11H2,1-6H3. The number of rotatable bonds is 5. The van der Waals surface area contributed by atoms with Crippen LogP contribution in [0.2, 0.25) is 0 Å². The van der Waals surface area contributed by atoms with Gasteiger partial charge in [0.05, 0.1) is 22.9 Å². The number of aryl methyl sites for hydroxylation is 1. The number of methoxy groups -OCH3 is 1. The molecule has 0 bridgehead atoms. The minimum absolute atomic E-state index is 0.153. The third-order valence-corrected chi connectivity index (χ3v) is 5.03. The van der Waals surface area contributed by atoms with Crippen LogP contribution in [0.1, 0.15) is 40.2 Å². The third kappa shape index (κ3) is 2.72. The van der Waals surface area contributed by atoms with Gasteiger partial charge in [-0.25, -0.2) is 0 Å². The van der Waals surface area contributed by atoms with Crippen LogP contribution in [0.3, 0.4) is 0 Å². The van der Waals surface area contributed by atoms with E-state index in [1.807, 2.05) is 39.8 Å². The van der Waals surface area contributed by atoms with Gasteiger partial charge in [-0.1, -0.05) is 6.92 Å². The summed E-state index contributed by atoms with van der Waals surface area (Å²) in [7, 11) is 1.11. The van der Waals surface area contributed by atoms with Gasteiger partial charge in [0.15, 0.2) is 6.79 Å². The van der Waals surface area contributed by atoms with Crippen LogP contribution in [-0.4, -0.2) is 32.2 Å². The molecule has 2 aromatic rings. The molecule has 2 heterocycles. The van der Waals surface area contributed by atoms with Gasteiger partial charge in [-0.3, -0.25) is 0 Å². The molecule has 0 aliphatic carbocycles. The topological polar surface area (TPSA) is 50.1 Å². The highest BCUT2D eigenvalue weighted by Gasteiger charge is 2.53. The zero-order valence-electron chi connectivity index (χ0n) is 15.3. The molecule has 1 aliphatic heterocycles. The van der Waals surface area contributed by atoms with Crippen LogP contribution < -0.4 is 10.2 Å². The quantitative estimate of drug-likeness (QED) is 0.621. The summed E-state index contributed by atoms with van der Waals surface area (Å²) in [5.74, 6) is 0.707. The van der Waals surface area contributed by atoms with Crippen molar-refractivity contribution >= 4 is 23.6 Å². The van der Waals surface area contributed by atoms with Gasteiger partial charge in [0.25, 0.3) is 0 Å². The minimum Gasteiger partial charge on any atom is -0.467 e. The molecule has 0 radical (unpaired) electrons. The zero-order valence-corrected chi connectivity index (χ0v) is 15.3. The zero-order chi connectivity index (χ0) is 17.5. The second kappa shape index (κ2) is 6.10. The first-order chi connectivity index (χ1) is 11.3. The SMILES string of the molecule is CCc1cc2occc2c(OCOC)c1B1OC(C)(C)C(C)(C)O1. The number of ether oxygens (including phenoxy) is 2. The second-order valence-corrected chi connectivity index (χ2v) is 7.10. The fourth-order valence-corrected chi connectivity index (χ4v) is 2.93. The Bertz CT molecular complexity index is 718. The Balaban J connectivity index is 2.15. The van der Waals surface area contributed by atoms with Gasteiger partial charge in [0.1, 0.15) is 11.3 Å². The lowest BCUT2D eigenvalue weighted by Crippen LogP contribution is -2.41. The molecule has 6 heteroatoms. The monoisotopic (exact) mass is 332 g/mol. The fourth-order valence-electron chi connectivity index (χ4n) is 2.93. The van der Waals surface area contributed by atoms with Crippen LogP contribution in [-0.2, 0) is 20.5 Å². The van der Waals surface area contributed by atoms with Crippen LogP contribution >= 0.6 is 0 Å². The Morgan fingerprint density at radius 3 is 2.38 bits per heavy atom. The van der Waals surface area contributed by atoms with Gasteiger partial charge in [0, 0.05) is 12.6 Å². The van der Waals surface area contributed by atoms with E-state index in [9.17, 15) is 0 Å². The van der Waals surface area contributed by atoms with Crippen molar-refractivity contribution in [2.75, 3.05) is 13.9 Å². The van der Waals surface area contributed by atoms with Crippen molar-refractivity contribution in [3.05, 3.63) is 24.0 Å². The summed E-state index contributed by atoms with van der Waals surface area (Å²) in [6, 6.07) is 3.93. The molecule has 24 heavy (non-hydrogen) atoms. The van der Waals surface area contributed by atoms with E-state index in [0.717, 1.165) is 28.4 Å². The van der Waals surface area contributed by atoms with Crippen molar-refractivity contribution in [2.45, 2.75) is 52.2 Å². The fraction of sp³-hybridized carbons (Fsp3) is 0.556. The van der Waals surface area contributed by atoms with Crippen molar-refractivity contribution in [1.82, 2.24) is 0 Å². The van der Waals surface area contributed by atoms with E-state index >= 15 is 0 Å². The average molecular weight is 332 g/mol. The molecule has 1 aromatic heterocycles. The molecule has 5 nitrogen and oxygen atoms in total. The van der Waals surface area contributed by atoms with Crippen molar-refractivity contribution in [3.8, 4) is 5.75 Å². The van der Waals surface area contributed by atoms with Crippen LogP contribution in [0.15, 0.2) is 22.8 Å². The Morgan fingerprint density at radius 1 is 1.12 bits per heavy atom. The number of hydrogen-bond donors (Lipinski definition) is 0. The molecule has 1 saturated heterocycles. The first-order valence-corrected chi connectivity index (χ1v) is 8.31. The summed E-state index contributed by atoms with van der Waals surface area (Å²) in [4.78, 5) is 0. The van der Waals surface area contributed by atoms with E-state index in [1.54, 1.807) is 13.4 Å². The molecule has 1 aliphatic rings. The first-order valence-electron chi connectivity index (χ1n) is 8.31. The number of benzene rings is 1. The van der Waals surface area contributed by atoms with E-state index in [1.165, 1.54) is 0 Å². The average Bonchev–Trinajstić information content (AvgIpc) is 3.05. The van der Waals surface area contributed by atoms with Crippen LogP contribution in [0.25, 0.3) is 11.0 Å². The van der Waals surface area contributed by atoms with E-state index in [0.29, 0.717) is 5.75 Å². The molecule has 3 rings (SSSR count). The van der Waals surface area contributed by atoms with Crippen LogP contribution in [0.4, 0.5) is 0 Å². The lowest BCUT2D eigenvalue weighted by molar-refractivity contribution is 0.00578. The molecule has 1 fully saturated rings. The summed E-state index contributed by atoms with van der Waals surface area (Å²) in [6.45, 7) is 10.4. The van der Waals surface area contributed by atoms with Gasteiger partial charge in [0.2, 0.25) is 0 Å². The minimum atomic E-state index is -0.490. The Hall–Kier alpha value is -1.50. The van der Waals surface area contributed by atoms with E-state index < -0.39 is 18.3 Å². The molecule has 0 atom stereocenters. The molecule has 1 aromatic carbocycles. The van der Waals surface area contributed by atoms with Crippen LogP contribution in [0, 0.1) is 0 Å². The first kappa shape index (κ1) is 17.3. The smallest absolute Gasteiger partial charge is 0.467 e. The highest BCUT2D eigenvalue weighted by atomic mass is 16.7. The Labute approximate surface area is 143 Å². The van der Waals surface area contributed by atoms with E-state index in [4.69, 9.17) is 23.2 Å². The summed E-state index contributed by atoms with van der Waals surface area (Å²) in [5.41, 5.74) is 1.97. The Morgan fingerprint density at radius 2 is 1.79 bits per heavy atom. The molecule has 0 saturated carbocycles. The van der Waals surface area contributed by atoms with E-state index in [-0.39, 0.29) is 6.79 Å². The summed E-state index contributed by atoms with van der Waals surface area (Å²) >= 11 is 0. The third-order valence-electron chi connectivity index (χ3n) is 5.03. The van der Waals surface area contributed by atoms with Gasteiger partial charge in [-0.05, 0) is 51.8 Å². The number of furan rings is 1. The lowest BCUT2D eigenvalue weighted by atomic mass is 9.74. The van der Waals surface area contributed by atoms with Crippen molar-refractivity contribution in [2.24, 2.45) is 0 Å². The molecule has 0 spiro atoms. The molecular formula is C18H25BO5. The van der Waals surface area contributed by atoms with Gasteiger partial charge in [-0.2, -0.15) is 0 Å². The molecule has 0 unspecified atom stereocenters. The predicted octanol–water partition coefficient (Wildman–Crippen LogP) is 3.28. The molecule has 0 amide bonds. The van der Waals surface area contributed by atoms with Gasteiger partial charge >= 0.3 is 7.12 Å². The summed E-state index contributed by atoms with van der Waals surface area (Å²) in [5, 5.41) is 0.897. The summed E-state index contributed by atoms with van der Waals surface area (Å²) < 4.78 is 29.1. The lowest BCUT2D eigenvalue weighted by Gasteiger charge is -2.32. The van der Waals surface area contributed by atoms with E-state index in [2.05, 4.69) is 6.92 Å². The van der Waals surface area contributed by atoms with Crippen molar-refractivity contribution in [3.63, 3.8) is 0 Å². The largest absolute Gasteiger partial charge is 0.498 e. The second-order valence-electron chi connectivity index (χ2n) is 7.10. The van der Waals surface area contributed by atoms with Gasteiger partial charge < -0.3 is 23.2 Å². The maximum Gasteiger partial charge on any atom is 0.498 e. The highest BCUT2D eigenvalue weighted by Crippen LogP contribution is 2.39. The van der Waals surface area contributed by atoms with Gasteiger partial charge in [-0.15, -0.1) is 0 Å². The normalized spacial score (nSPS) is 19.2. The molecule has 130 valence electrons. The van der Waals surface area contributed by atoms with Crippen LogP contribution in [0.5, 0.6) is 5.75 Å². The number of fused-ring (bicyclic) bond motifs is 1. The van der Waals surface area contributed by atoms with Crippen molar-refractivity contribution in [1.29, 1.82) is 0 Å². The molecular weight excluding hydrogens is 307 g/mol. The maximum atomic E-state index is 6.27. The maximum absolute atomic E-state index is 6.27. The summed E-state index contributed by atoms with van der Waals surface area (Å²) in [6.07, 6.45) is 2.48. The number of hydrogen-bond acceptors (Lipinski definition) is 5.